The minimum Gasteiger partial charge on any atom is -0.494 e. The SMILES string of the molecule is OC(CCCOc1cccc(Br)c1)c1ccccc1. The second kappa shape index (κ2) is 7.31. The van der Waals surface area contributed by atoms with Crippen molar-refractivity contribution in [2.75, 3.05) is 6.61 Å². The molecule has 0 saturated carbocycles. The second-order valence-electron chi connectivity index (χ2n) is 4.37. The Bertz CT molecular complexity index is 499. The Morgan fingerprint density at radius 2 is 1.84 bits per heavy atom. The van der Waals surface area contributed by atoms with Gasteiger partial charge >= 0.3 is 0 Å². The summed E-state index contributed by atoms with van der Waals surface area (Å²) in [5.74, 6) is 0.851. The van der Waals surface area contributed by atoms with Gasteiger partial charge in [0, 0.05) is 4.47 Å². The third kappa shape index (κ3) is 4.69. The number of aliphatic hydroxyl groups is 1. The van der Waals surface area contributed by atoms with E-state index in [1.165, 1.54) is 0 Å². The van der Waals surface area contributed by atoms with Crippen LogP contribution in [-0.2, 0) is 0 Å². The number of halogens is 1. The van der Waals surface area contributed by atoms with Gasteiger partial charge in [0.2, 0.25) is 0 Å². The molecule has 0 aromatic heterocycles. The molecule has 0 aliphatic rings. The first-order valence-electron chi connectivity index (χ1n) is 6.37. The smallest absolute Gasteiger partial charge is 0.120 e. The third-order valence-electron chi connectivity index (χ3n) is 2.87. The molecule has 0 aliphatic carbocycles. The molecule has 0 radical (unpaired) electrons. The van der Waals surface area contributed by atoms with Gasteiger partial charge in [0.15, 0.2) is 0 Å². The van der Waals surface area contributed by atoms with Gasteiger partial charge in [0.05, 0.1) is 12.7 Å². The highest BCUT2D eigenvalue weighted by molar-refractivity contribution is 9.10. The van der Waals surface area contributed by atoms with Crippen molar-refractivity contribution < 1.29 is 9.84 Å². The lowest BCUT2D eigenvalue weighted by Crippen LogP contribution is -2.02. The number of rotatable bonds is 6. The van der Waals surface area contributed by atoms with E-state index in [2.05, 4.69) is 15.9 Å². The summed E-state index contributed by atoms with van der Waals surface area (Å²) in [6.45, 7) is 0.611. The quantitative estimate of drug-likeness (QED) is 0.802. The molecular weight excluding hydrogens is 304 g/mol. The van der Waals surface area contributed by atoms with E-state index in [-0.39, 0.29) is 0 Å². The largest absolute Gasteiger partial charge is 0.494 e. The molecule has 1 unspecified atom stereocenters. The summed E-state index contributed by atoms with van der Waals surface area (Å²) < 4.78 is 6.64. The van der Waals surface area contributed by atoms with Crippen molar-refractivity contribution in [3.63, 3.8) is 0 Å². The molecule has 100 valence electrons. The topological polar surface area (TPSA) is 29.5 Å². The Balaban J connectivity index is 1.72. The lowest BCUT2D eigenvalue weighted by atomic mass is 10.1. The van der Waals surface area contributed by atoms with E-state index >= 15 is 0 Å². The zero-order chi connectivity index (χ0) is 13.5. The summed E-state index contributed by atoms with van der Waals surface area (Å²) in [5.41, 5.74) is 0.963. The minimum atomic E-state index is -0.410. The van der Waals surface area contributed by atoms with E-state index in [4.69, 9.17) is 4.74 Å². The van der Waals surface area contributed by atoms with Gasteiger partial charge < -0.3 is 9.84 Å². The van der Waals surface area contributed by atoms with Crippen LogP contribution in [0.4, 0.5) is 0 Å². The lowest BCUT2D eigenvalue weighted by Gasteiger charge is -2.11. The van der Waals surface area contributed by atoms with Crippen LogP contribution >= 0.6 is 15.9 Å². The zero-order valence-corrected chi connectivity index (χ0v) is 12.2. The Labute approximate surface area is 122 Å². The van der Waals surface area contributed by atoms with Crippen LogP contribution in [0, 0.1) is 0 Å². The Kier molecular flexibility index (Phi) is 5.43. The predicted octanol–water partition coefficient (Wildman–Crippen LogP) is 4.34. The molecule has 2 aromatic rings. The molecule has 0 heterocycles. The van der Waals surface area contributed by atoms with Crippen LogP contribution in [-0.4, -0.2) is 11.7 Å². The molecule has 1 N–H and O–H groups in total. The highest BCUT2D eigenvalue weighted by Gasteiger charge is 2.06. The Hall–Kier alpha value is -1.32. The Morgan fingerprint density at radius 1 is 1.05 bits per heavy atom. The van der Waals surface area contributed by atoms with Crippen LogP contribution in [0.1, 0.15) is 24.5 Å². The van der Waals surface area contributed by atoms with Crippen LogP contribution in [0.15, 0.2) is 59.1 Å². The summed E-state index contributed by atoms with van der Waals surface area (Å²) in [4.78, 5) is 0. The van der Waals surface area contributed by atoms with Crippen LogP contribution in [0.3, 0.4) is 0 Å². The lowest BCUT2D eigenvalue weighted by molar-refractivity contribution is 0.155. The van der Waals surface area contributed by atoms with Crippen molar-refractivity contribution in [3.8, 4) is 5.75 Å². The fourth-order valence-corrected chi connectivity index (χ4v) is 2.24. The summed E-state index contributed by atoms with van der Waals surface area (Å²) in [5, 5.41) is 10.00. The monoisotopic (exact) mass is 320 g/mol. The van der Waals surface area contributed by atoms with E-state index in [9.17, 15) is 5.11 Å². The average Bonchev–Trinajstić information content (AvgIpc) is 2.44. The number of aliphatic hydroxyl groups excluding tert-OH is 1. The van der Waals surface area contributed by atoms with E-state index in [1.54, 1.807) is 0 Å². The molecule has 2 aromatic carbocycles. The second-order valence-corrected chi connectivity index (χ2v) is 5.29. The molecule has 0 fully saturated rings. The maximum atomic E-state index is 10.00. The number of ether oxygens (including phenoxy) is 1. The third-order valence-corrected chi connectivity index (χ3v) is 3.36. The van der Waals surface area contributed by atoms with Crippen LogP contribution in [0.2, 0.25) is 0 Å². The van der Waals surface area contributed by atoms with Gasteiger partial charge in [-0.25, -0.2) is 0 Å². The molecule has 0 bridgehead atoms. The molecule has 2 nitrogen and oxygen atoms in total. The van der Waals surface area contributed by atoms with Crippen LogP contribution < -0.4 is 4.74 Å². The van der Waals surface area contributed by atoms with Crippen molar-refractivity contribution in [1.29, 1.82) is 0 Å². The van der Waals surface area contributed by atoms with Crippen molar-refractivity contribution in [2.45, 2.75) is 18.9 Å². The van der Waals surface area contributed by atoms with Gasteiger partial charge in [-0.2, -0.15) is 0 Å². The predicted molar refractivity (Wildman–Crippen MR) is 80.3 cm³/mol. The van der Waals surface area contributed by atoms with Crippen molar-refractivity contribution >= 4 is 15.9 Å². The van der Waals surface area contributed by atoms with Crippen molar-refractivity contribution in [2.24, 2.45) is 0 Å². The molecule has 0 spiro atoms. The van der Waals surface area contributed by atoms with Crippen LogP contribution in [0.5, 0.6) is 5.75 Å². The highest BCUT2D eigenvalue weighted by atomic mass is 79.9. The van der Waals surface area contributed by atoms with Gasteiger partial charge in [-0.3, -0.25) is 0 Å². The summed E-state index contributed by atoms with van der Waals surface area (Å²) >= 11 is 3.40. The molecule has 1 atom stereocenters. The standard InChI is InChI=1S/C16H17BrO2/c17-14-8-4-9-15(12-14)19-11-5-10-16(18)13-6-2-1-3-7-13/h1-4,6-9,12,16,18H,5,10-11H2. The average molecular weight is 321 g/mol. The van der Waals surface area contributed by atoms with E-state index in [0.29, 0.717) is 13.0 Å². The molecular formula is C16H17BrO2. The number of hydrogen-bond acceptors (Lipinski definition) is 2. The van der Waals surface area contributed by atoms with Gasteiger partial charge in [0.1, 0.15) is 5.75 Å². The summed E-state index contributed by atoms with van der Waals surface area (Å²) in [6.07, 6.45) is 1.12. The Morgan fingerprint density at radius 3 is 2.58 bits per heavy atom. The number of hydrogen-bond donors (Lipinski definition) is 1. The maximum Gasteiger partial charge on any atom is 0.120 e. The highest BCUT2D eigenvalue weighted by Crippen LogP contribution is 2.20. The minimum absolute atomic E-state index is 0.410. The first-order valence-corrected chi connectivity index (χ1v) is 7.16. The first kappa shape index (κ1) is 14.1. The maximum absolute atomic E-state index is 10.00. The zero-order valence-electron chi connectivity index (χ0n) is 10.6. The van der Waals surface area contributed by atoms with Gasteiger partial charge in [-0.15, -0.1) is 0 Å². The molecule has 0 saturated heterocycles. The molecule has 0 aliphatic heterocycles. The molecule has 0 amide bonds. The van der Waals surface area contributed by atoms with E-state index in [1.807, 2.05) is 54.6 Å². The fraction of sp³-hybridized carbons (Fsp3) is 0.250. The van der Waals surface area contributed by atoms with Crippen LogP contribution in [0.25, 0.3) is 0 Å². The van der Waals surface area contributed by atoms with E-state index in [0.717, 1.165) is 22.2 Å². The van der Waals surface area contributed by atoms with Crippen molar-refractivity contribution in [1.82, 2.24) is 0 Å². The van der Waals surface area contributed by atoms with Gasteiger partial charge in [0.25, 0.3) is 0 Å². The van der Waals surface area contributed by atoms with Gasteiger partial charge in [-0.05, 0) is 36.6 Å². The fourth-order valence-electron chi connectivity index (χ4n) is 1.87. The summed E-state index contributed by atoms with van der Waals surface area (Å²) in [7, 11) is 0. The molecule has 2 rings (SSSR count). The van der Waals surface area contributed by atoms with Crippen molar-refractivity contribution in [3.05, 3.63) is 64.6 Å². The molecule has 19 heavy (non-hydrogen) atoms. The summed E-state index contributed by atoms with van der Waals surface area (Å²) in [6, 6.07) is 17.5. The van der Waals surface area contributed by atoms with Gasteiger partial charge in [-0.1, -0.05) is 52.3 Å². The normalized spacial score (nSPS) is 12.1. The van der Waals surface area contributed by atoms with E-state index < -0.39 is 6.10 Å². The molecule has 3 heteroatoms. The number of benzene rings is 2. The first-order chi connectivity index (χ1) is 9.25.